The average molecular weight is 433 g/mol. The van der Waals surface area contributed by atoms with Crippen molar-refractivity contribution in [2.45, 2.75) is 98.0 Å². The first-order chi connectivity index (χ1) is 14.7. The molecule has 4 rings (SSSR count). The van der Waals surface area contributed by atoms with Crippen molar-refractivity contribution in [1.29, 1.82) is 0 Å². The SMILES string of the molecule is CCC1C(=O)[C@@H]2[C@H](CC[C@]3(C)[C@@H]([C@H](C)CCC(=O)OC)CC[C@@H]23)[C@@]2(C)CC[C@@H](O)C[C@@H]12. The molecule has 0 heterocycles. The van der Waals surface area contributed by atoms with E-state index in [0.29, 0.717) is 41.8 Å². The van der Waals surface area contributed by atoms with Gasteiger partial charge in [-0.25, -0.2) is 0 Å². The lowest BCUT2D eigenvalue weighted by Crippen LogP contribution is -2.60. The fourth-order valence-corrected chi connectivity index (χ4v) is 9.26. The highest BCUT2D eigenvalue weighted by Gasteiger charge is 2.65. The quantitative estimate of drug-likeness (QED) is 0.590. The number of carbonyl (C=O) groups is 2. The second kappa shape index (κ2) is 8.47. The number of ether oxygens (including phenoxy) is 1. The fourth-order valence-electron chi connectivity index (χ4n) is 9.26. The minimum Gasteiger partial charge on any atom is -0.469 e. The second-order valence-electron chi connectivity index (χ2n) is 12.0. The lowest BCUT2D eigenvalue weighted by atomic mass is 9.42. The molecule has 0 radical (unpaired) electrons. The number of aliphatic hydroxyl groups is 1. The van der Waals surface area contributed by atoms with Crippen molar-refractivity contribution < 1.29 is 19.4 Å². The van der Waals surface area contributed by atoms with E-state index in [9.17, 15) is 14.7 Å². The van der Waals surface area contributed by atoms with Crippen LogP contribution >= 0.6 is 0 Å². The summed E-state index contributed by atoms with van der Waals surface area (Å²) in [5.74, 6) is 3.16. The van der Waals surface area contributed by atoms with Crippen LogP contribution in [-0.4, -0.2) is 30.1 Å². The van der Waals surface area contributed by atoms with E-state index in [-0.39, 0.29) is 34.7 Å². The maximum atomic E-state index is 14.0. The van der Waals surface area contributed by atoms with E-state index in [4.69, 9.17) is 4.74 Å². The molecule has 4 heteroatoms. The van der Waals surface area contributed by atoms with Crippen LogP contribution in [0.4, 0.5) is 0 Å². The van der Waals surface area contributed by atoms with Gasteiger partial charge in [-0.1, -0.05) is 27.7 Å². The predicted octanol–water partition coefficient (Wildman–Crippen LogP) is 5.41. The van der Waals surface area contributed by atoms with Crippen molar-refractivity contribution in [3.63, 3.8) is 0 Å². The molecule has 0 aromatic carbocycles. The van der Waals surface area contributed by atoms with Crippen molar-refractivity contribution in [3.05, 3.63) is 0 Å². The molecule has 0 bridgehead atoms. The summed E-state index contributed by atoms with van der Waals surface area (Å²) in [6, 6.07) is 0. The van der Waals surface area contributed by atoms with Crippen molar-refractivity contribution in [3.8, 4) is 0 Å². The maximum Gasteiger partial charge on any atom is 0.305 e. The third-order valence-corrected chi connectivity index (χ3v) is 10.9. The van der Waals surface area contributed by atoms with Crippen LogP contribution in [0.5, 0.6) is 0 Å². The van der Waals surface area contributed by atoms with Crippen LogP contribution < -0.4 is 0 Å². The van der Waals surface area contributed by atoms with Crippen LogP contribution in [0.15, 0.2) is 0 Å². The molecule has 0 saturated heterocycles. The Bertz CT molecular complexity index is 703. The Morgan fingerprint density at radius 3 is 2.45 bits per heavy atom. The molecule has 0 aromatic heterocycles. The number of esters is 1. The van der Waals surface area contributed by atoms with Crippen molar-refractivity contribution >= 4 is 11.8 Å². The second-order valence-corrected chi connectivity index (χ2v) is 12.0. The molecule has 0 amide bonds. The third kappa shape index (κ3) is 3.60. The summed E-state index contributed by atoms with van der Waals surface area (Å²) in [5, 5.41) is 10.4. The lowest BCUT2D eigenvalue weighted by Gasteiger charge is -2.62. The average Bonchev–Trinajstić information content (AvgIpc) is 3.10. The van der Waals surface area contributed by atoms with Gasteiger partial charge in [0.1, 0.15) is 5.78 Å². The number of hydrogen-bond donors (Lipinski definition) is 1. The highest BCUT2D eigenvalue weighted by Crippen LogP contribution is 2.68. The number of ketones is 1. The Morgan fingerprint density at radius 2 is 1.77 bits per heavy atom. The van der Waals surface area contributed by atoms with Gasteiger partial charge in [-0.3, -0.25) is 9.59 Å². The summed E-state index contributed by atoms with van der Waals surface area (Å²) >= 11 is 0. The highest BCUT2D eigenvalue weighted by molar-refractivity contribution is 5.86. The summed E-state index contributed by atoms with van der Waals surface area (Å²) in [5.41, 5.74) is 0.413. The monoisotopic (exact) mass is 432 g/mol. The Morgan fingerprint density at radius 1 is 1.10 bits per heavy atom. The van der Waals surface area contributed by atoms with Crippen LogP contribution in [0, 0.1) is 52.3 Å². The van der Waals surface area contributed by atoms with E-state index >= 15 is 0 Å². The maximum absolute atomic E-state index is 14.0. The molecular formula is C27H44O4. The number of aliphatic hydroxyl groups excluding tert-OH is 1. The predicted molar refractivity (Wildman–Crippen MR) is 121 cm³/mol. The molecule has 10 atom stereocenters. The first kappa shape index (κ1) is 23.3. The van der Waals surface area contributed by atoms with Gasteiger partial charge in [-0.15, -0.1) is 0 Å². The molecule has 4 saturated carbocycles. The van der Waals surface area contributed by atoms with Gasteiger partial charge in [-0.05, 0) is 98.2 Å². The summed E-state index contributed by atoms with van der Waals surface area (Å²) < 4.78 is 4.87. The van der Waals surface area contributed by atoms with E-state index in [1.165, 1.54) is 20.0 Å². The molecule has 1 N–H and O–H groups in total. The minimum atomic E-state index is -0.225. The Labute approximate surface area is 188 Å². The van der Waals surface area contributed by atoms with E-state index in [1.807, 2.05) is 0 Å². The molecule has 176 valence electrons. The Hall–Kier alpha value is -0.900. The molecule has 1 unspecified atom stereocenters. The highest BCUT2D eigenvalue weighted by atomic mass is 16.5. The van der Waals surface area contributed by atoms with Gasteiger partial charge in [0.25, 0.3) is 0 Å². The van der Waals surface area contributed by atoms with Gasteiger partial charge in [0, 0.05) is 18.3 Å². The summed E-state index contributed by atoms with van der Waals surface area (Å²) in [4.78, 5) is 25.7. The van der Waals surface area contributed by atoms with Crippen molar-refractivity contribution in [1.82, 2.24) is 0 Å². The number of Topliss-reactive ketones (excluding diaryl/α,β-unsaturated/α-hetero) is 1. The zero-order chi connectivity index (χ0) is 22.6. The van der Waals surface area contributed by atoms with Crippen molar-refractivity contribution in [2.75, 3.05) is 7.11 Å². The third-order valence-electron chi connectivity index (χ3n) is 10.9. The lowest BCUT2D eigenvalue weighted by molar-refractivity contribution is -0.173. The van der Waals surface area contributed by atoms with Gasteiger partial charge >= 0.3 is 5.97 Å². The van der Waals surface area contributed by atoms with Gasteiger partial charge in [0.05, 0.1) is 13.2 Å². The number of rotatable bonds is 5. The first-order valence-electron chi connectivity index (χ1n) is 13.0. The molecule has 4 aliphatic rings. The van der Waals surface area contributed by atoms with Crippen LogP contribution in [0.3, 0.4) is 0 Å². The molecule has 4 aliphatic carbocycles. The smallest absolute Gasteiger partial charge is 0.305 e. The molecule has 0 aromatic rings. The largest absolute Gasteiger partial charge is 0.469 e. The van der Waals surface area contributed by atoms with Gasteiger partial charge in [0.15, 0.2) is 0 Å². The minimum absolute atomic E-state index is 0.109. The molecule has 0 aliphatic heterocycles. The van der Waals surface area contributed by atoms with Gasteiger partial charge in [0.2, 0.25) is 0 Å². The summed E-state index contributed by atoms with van der Waals surface area (Å²) in [7, 11) is 1.47. The van der Waals surface area contributed by atoms with Crippen LogP contribution in [0.25, 0.3) is 0 Å². The van der Waals surface area contributed by atoms with Gasteiger partial charge < -0.3 is 9.84 Å². The molecule has 4 fully saturated rings. The van der Waals surface area contributed by atoms with Crippen molar-refractivity contribution in [2.24, 2.45) is 52.3 Å². The molecule has 31 heavy (non-hydrogen) atoms. The number of fused-ring (bicyclic) bond motifs is 5. The van der Waals surface area contributed by atoms with E-state index < -0.39 is 0 Å². The Balaban J connectivity index is 1.59. The normalized spacial score (nSPS) is 47.8. The van der Waals surface area contributed by atoms with Gasteiger partial charge in [-0.2, -0.15) is 0 Å². The summed E-state index contributed by atoms with van der Waals surface area (Å²) in [6.45, 7) is 9.42. The zero-order valence-electron chi connectivity index (χ0n) is 20.4. The van der Waals surface area contributed by atoms with Crippen LogP contribution in [0.2, 0.25) is 0 Å². The molecular weight excluding hydrogens is 388 g/mol. The van der Waals surface area contributed by atoms with E-state index in [2.05, 4.69) is 27.7 Å². The van der Waals surface area contributed by atoms with Crippen LogP contribution in [-0.2, 0) is 14.3 Å². The number of methoxy groups -OCH3 is 1. The van der Waals surface area contributed by atoms with E-state index in [0.717, 1.165) is 44.9 Å². The van der Waals surface area contributed by atoms with Crippen LogP contribution in [0.1, 0.15) is 91.9 Å². The number of carbonyl (C=O) groups excluding carboxylic acids is 2. The Kier molecular flexibility index (Phi) is 6.35. The topological polar surface area (TPSA) is 63.6 Å². The zero-order valence-corrected chi connectivity index (χ0v) is 20.4. The molecule has 0 spiro atoms. The summed E-state index contributed by atoms with van der Waals surface area (Å²) in [6.07, 6.45) is 9.59. The standard InChI is InChI=1S/C27H44O4/c1-6-18-22-15-17(28)11-13-27(22,4)21-12-14-26(3)19(16(2)7-10-23(29)31-5)8-9-20(26)24(21)25(18)30/h16-22,24,28H,6-15H2,1-5H3/t16-,17-,18?,19-,20+,21+,22+,24+,26-,27-/m1/s1. The fraction of sp³-hybridized carbons (Fsp3) is 0.926. The number of hydrogen-bond acceptors (Lipinski definition) is 4. The first-order valence-corrected chi connectivity index (χ1v) is 13.0. The van der Waals surface area contributed by atoms with E-state index in [1.54, 1.807) is 0 Å². The molecule has 4 nitrogen and oxygen atoms in total.